The average Bonchev–Trinajstić information content (AvgIpc) is 3.44. The fourth-order valence-corrected chi connectivity index (χ4v) is 3.79. The molecule has 1 heterocycles. The maximum absolute atomic E-state index is 14.2. The third-order valence-corrected chi connectivity index (χ3v) is 5.39. The molecule has 0 radical (unpaired) electrons. The van der Waals surface area contributed by atoms with E-state index in [1.807, 2.05) is 18.4 Å². The minimum absolute atomic E-state index is 0.0412. The fraction of sp³-hybridized carbons (Fsp3) is 0.474. The monoisotopic (exact) mass is 405 g/mol. The molecule has 7 nitrogen and oxygen atoms in total. The molecule has 150 valence electrons. The van der Waals surface area contributed by atoms with Crippen molar-refractivity contribution in [2.75, 3.05) is 25.4 Å². The lowest BCUT2D eigenvalue weighted by Crippen LogP contribution is -2.41. The molecule has 9 heteroatoms. The van der Waals surface area contributed by atoms with Gasteiger partial charge >= 0.3 is 0 Å². The Hall–Kier alpha value is -2.42. The number of halogens is 1. The summed E-state index contributed by atoms with van der Waals surface area (Å²) in [7, 11) is 0. The number of nitrogens with one attached hydrogen (secondary N) is 1. The lowest BCUT2D eigenvalue weighted by atomic mass is 10.2. The molecule has 1 N–H and O–H groups in total. The van der Waals surface area contributed by atoms with E-state index in [0.717, 1.165) is 12.8 Å². The highest BCUT2D eigenvalue weighted by atomic mass is 32.2. The van der Waals surface area contributed by atoms with Crippen molar-refractivity contribution in [1.82, 2.24) is 25.0 Å². The molecule has 2 amide bonds. The van der Waals surface area contributed by atoms with E-state index in [1.165, 1.54) is 22.7 Å². The first-order valence-electron chi connectivity index (χ1n) is 9.42. The Kier molecular flexibility index (Phi) is 6.66. The standard InChI is InChI=1S/C19H24FN5O2S/c1-3-21-16(26)11-24(4-2)17(27)12-28-19-23-22-18(25(19)13-9-10-13)14-7-5-6-8-15(14)20/h5-8,13H,3-4,9-12H2,1-2H3,(H,21,26). The van der Waals surface area contributed by atoms with Crippen LogP contribution >= 0.6 is 11.8 Å². The number of carbonyl (C=O) groups is 2. The molecule has 1 aliphatic carbocycles. The highest BCUT2D eigenvalue weighted by Gasteiger charge is 2.31. The normalized spacial score (nSPS) is 13.4. The van der Waals surface area contributed by atoms with Crippen LogP contribution in [0.1, 0.15) is 32.7 Å². The van der Waals surface area contributed by atoms with E-state index in [0.29, 0.717) is 29.6 Å². The molecule has 1 fully saturated rings. The molecule has 2 aromatic rings. The topological polar surface area (TPSA) is 80.1 Å². The van der Waals surface area contributed by atoms with Crippen LogP contribution in [0.15, 0.2) is 29.4 Å². The van der Waals surface area contributed by atoms with Gasteiger partial charge in [-0.05, 0) is 38.8 Å². The van der Waals surface area contributed by atoms with Crippen LogP contribution in [0.3, 0.4) is 0 Å². The van der Waals surface area contributed by atoms with E-state index in [2.05, 4.69) is 15.5 Å². The summed E-state index contributed by atoms with van der Waals surface area (Å²) in [5, 5.41) is 11.7. The van der Waals surface area contributed by atoms with Crippen LogP contribution in [0.5, 0.6) is 0 Å². The molecule has 0 saturated heterocycles. The average molecular weight is 405 g/mol. The lowest BCUT2D eigenvalue weighted by molar-refractivity contribution is -0.133. The number of amides is 2. The Bertz CT molecular complexity index is 853. The van der Waals surface area contributed by atoms with Gasteiger partial charge in [0.25, 0.3) is 0 Å². The van der Waals surface area contributed by atoms with Crippen LogP contribution in [0, 0.1) is 5.82 Å². The van der Waals surface area contributed by atoms with Gasteiger partial charge in [-0.3, -0.25) is 14.2 Å². The van der Waals surface area contributed by atoms with Crippen molar-refractivity contribution in [3.05, 3.63) is 30.1 Å². The van der Waals surface area contributed by atoms with Gasteiger partial charge in [0.15, 0.2) is 11.0 Å². The van der Waals surface area contributed by atoms with Gasteiger partial charge < -0.3 is 10.2 Å². The SMILES string of the molecule is CCNC(=O)CN(CC)C(=O)CSc1nnc(-c2ccccc2F)n1C1CC1. The summed E-state index contributed by atoms with van der Waals surface area (Å²) in [5.41, 5.74) is 0.409. The fourth-order valence-electron chi connectivity index (χ4n) is 2.88. The number of carbonyl (C=O) groups excluding carboxylic acids is 2. The summed E-state index contributed by atoms with van der Waals surface area (Å²) in [5.74, 6) is -0.0222. The molecular weight excluding hydrogens is 381 g/mol. The summed E-state index contributed by atoms with van der Waals surface area (Å²) in [6, 6.07) is 6.72. The van der Waals surface area contributed by atoms with E-state index < -0.39 is 0 Å². The van der Waals surface area contributed by atoms with Crippen LogP contribution in [-0.4, -0.2) is 56.9 Å². The van der Waals surface area contributed by atoms with E-state index in [-0.39, 0.29) is 36.0 Å². The Labute approximate surface area is 167 Å². The molecule has 0 spiro atoms. The second-order valence-electron chi connectivity index (χ2n) is 6.54. The predicted molar refractivity (Wildman–Crippen MR) is 105 cm³/mol. The first-order chi connectivity index (χ1) is 13.5. The maximum Gasteiger partial charge on any atom is 0.239 e. The van der Waals surface area contributed by atoms with Gasteiger partial charge in [0, 0.05) is 19.1 Å². The molecule has 0 unspecified atom stereocenters. The number of rotatable bonds is 9. The van der Waals surface area contributed by atoms with E-state index in [4.69, 9.17) is 0 Å². The molecule has 1 aromatic carbocycles. The third-order valence-electron chi connectivity index (χ3n) is 4.46. The zero-order valence-corrected chi connectivity index (χ0v) is 16.8. The number of hydrogen-bond acceptors (Lipinski definition) is 5. The maximum atomic E-state index is 14.2. The lowest BCUT2D eigenvalue weighted by Gasteiger charge is -2.20. The number of nitrogens with zero attached hydrogens (tertiary/aromatic N) is 4. The van der Waals surface area contributed by atoms with E-state index in [1.54, 1.807) is 18.2 Å². The minimum atomic E-state index is -0.344. The molecule has 0 atom stereocenters. The highest BCUT2D eigenvalue weighted by molar-refractivity contribution is 7.99. The number of hydrogen-bond donors (Lipinski definition) is 1. The second kappa shape index (κ2) is 9.18. The van der Waals surface area contributed by atoms with Gasteiger partial charge in [-0.2, -0.15) is 0 Å². The van der Waals surface area contributed by atoms with Gasteiger partial charge in [0.05, 0.1) is 17.9 Å². The summed E-state index contributed by atoms with van der Waals surface area (Å²) in [4.78, 5) is 25.8. The molecule has 1 aliphatic rings. The zero-order valence-electron chi connectivity index (χ0n) is 16.0. The van der Waals surface area contributed by atoms with Crippen molar-refractivity contribution in [2.45, 2.75) is 37.9 Å². The number of benzene rings is 1. The van der Waals surface area contributed by atoms with Crippen molar-refractivity contribution in [3.63, 3.8) is 0 Å². The van der Waals surface area contributed by atoms with Gasteiger partial charge in [-0.25, -0.2) is 4.39 Å². The second-order valence-corrected chi connectivity index (χ2v) is 7.48. The molecule has 28 heavy (non-hydrogen) atoms. The van der Waals surface area contributed by atoms with Gasteiger partial charge in [0.2, 0.25) is 11.8 Å². The molecule has 3 rings (SSSR count). The summed E-state index contributed by atoms with van der Waals surface area (Å²) in [6.45, 7) is 4.70. The van der Waals surface area contributed by atoms with Crippen LogP contribution < -0.4 is 5.32 Å². The zero-order chi connectivity index (χ0) is 20.1. The molecule has 1 saturated carbocycles. The van der Waals surface area contributed by atoms with Crippen LogP contribution in [0.2, 0.25) is 0 Å². The van der Waals surface area contributed by atoms with Gasteiger partial charge in [-0.1, -0.05) is 23.9 Å². The molecule has 1 aromatic heterocycles. The smallest absolute Gasteiger partial charge is 0.239 e. The quantitative estimate of drug-likeness (QED) is 0.649. The largest absolute Gasteiger partial charge is 0.355 e. The van der Waals surface area contributed by atoms with Gasteiger partial charge in [-0.15, -0.1) is 10.2 Å². The van der Waals surface area contributed by atoms with Crippen molar-refractivity contribution in [3.8, 4) is 11.4 Å². The third kappa shape index (κ3) is 4.70. The Morgan fingerprint density at radius 1 is 1.29 bits per heavy atom. The van der Waals surface area contributed by atoms with Crippen LogP contribution in [-0.2, 0) is 9.59 Å². The van der Waals surface area contributed by atoms with E-state index >= 15 is 0 Å². The Morgan fingerprint density at radius 3 is 2.68 bits per heavy atom. The van der Waals surface area contributed by atoms with Gasteiger partial charge in [0.1, 0.15) is 5.82 Å². The molecule has 0 bridgehead atoms. The Morgan fingerprint density at radius 2 is 2.04 bits per heavy atom. The van der Waals surface area contributed by atoms with Crippen LogP contribution in [0.4, 0.5) is 4.39 Å². The predicted octanol–water partition coefficient (Wildman–Crippen LogP) is 2.50. The number of likely N-dealkylation sites (N-methyl/N-ethyl adjacent to an activating group) is 2. The summed E-state index contributed by atoms with van der Waals surface area (Å²) >= 11 is 1.27. The number of aromatic nitrogens is 3. The minimum Gasteiger partial charge on any atom is -0.355 e. The van der Waals surface area contributed by atoms with Crippen molar-refractivity contribution in [2.24, 2.45) is 0 Å². The van der Waals surface area contributed by atoms with E-state index in [9.17, 15) is 14.0 Å². The highest BCUT2D eigenvalue weighted by Crippen LogP contribution is 2.41. The first-order valence-corrected chi connectivity index (χ1v) is 10.4. The van der Waals surface area contributed by atoms with Crippen LogP contribution in [0.25, 0.3) is 11.4 Å². The number of thioether (sulfide) groups is 1. The van der Waals surface area contributed by atoms with Crippen molar-refractivity contribution >= 4 is 23.6 Å². The molecular formula is C19H24FN5O2S. The van der Waals surface area contributed by atoms with Crippen molar-refractivity contribution < 1.29 is 14.0 Å². The summed E-state index contributed by atoms with van der Waals surface area (Å²) in [6.07, 6.45) is 1.97. The Balaban J connectivity index is 1.72. The van der Waals surface area contributed by atoms with Crippen molar-refractivity contribution in [1.29, 1.82) is 0 Å². The molecule has 0 aliphatic heterocycles. The summed E-state index contributed by atoms with van der Waals surface area (Å²) < 4.78 is 16.1. The first kappa shape index (κ1) is 20.3.